The maximum absolute atomic E-state index is 10.5. The van der Waals surface area contributed by atoms with Crippen molar-refractivity contribution in [1.82, 2.24) is 0 Å². The predicted molar refractivity (Wildman–Crippen MR) is 97.5 cm³/mol. The van der Waals surface area contributed by atoms with Crippen LogP contribution in [0, 0.1) is 34.5 Å². The van der Waals surface area contributed by atoms with Crippen LogP contribution in [0.5, 0.6) is 0 Å². The Morgan fingerprint density at radius 3 is 2.58 bits per heavy atom. The Morgan fingerprint density at radius 1 is 1.04 bits per heavy atom. The largest absolute Gasteiger partial charge is 0.396 e. The fourth-order valence-corrected chi connectivity index (χ4v) is 7.54. The van der Waals surface area contributed by atoms with Crippen LogP contribution in [0.15, 0.2) is 11.6 Å². The van der Waals surface area contributed by atoms with E-state index in [4.69, 9.17) is 0 Å². The summed E-state index contributed by atoms with van der Waals surface area (Å²) in [6.07, 6.45) is 13.2. The van der Waals surface area contributed by atoms with Crippen molar-refractivity contribution in [1.29, 1.82) is 0 Å². The lowest BCUT2D eigenvalue weighted by Crippen LogP contribution is -2.51. The van der Waals surface area contributed by atoms with Gasteiger partial charge in [0.15, 0.2) is 0 Å². The fraction of sp³-hybridized carbons (Fsp3) is 0.909. The molecule has 0 radical (unpaired) electrons. The van der Waals surface area contributed by atoms with E-state index in [1.807, 2.05) is 6.92 Å². The lowest BCUT2D eigenvalue weighted by molar-refractivity contribution is -0.0668. The number of rotatable bonds is 2. The van der Waals surface area contributed by atoms with Crippen molar-refractivity contribution in [3.05, 3.63) is 11.6 Å². The van der Waals surface area contributed by atoms with Gasteiger partial charge in [-0.1, -0.05) is 25.5 Å². The third-order valence-electron chi connectivity index (χ3n) is 9.05. The van der Waals surface area contributed by atoms with Gasteiger partial charge in [0.1, 0.15) is 0 Å². The minimum atomic E-state index is -0.485. The Kier molecular flexibility index (Phi) is 3.97. The highest BCUT2D eigenvalue weighted by Crippen LogP contribution is 2.67. The lowest BCUT2D eigenvalue weighted by Gasteiger charge is -2.59. The molecule has 0 amide bonds. The Hall–Kier alpha value is -0.340. The Morgan fingerprint density at radius 2 is 1.83 bits per heavy atom. The molecule has 0 aromatic heterocycles. The molecule has 0 spiro atoms. The zero-order chi connectivity index (χ0) is 17.2. The predicted octanol–water partition coefficient (Wildman–Crippen LogP) is 4.70. The summed E-state index contributed by atoms with van der Waals surface area (Å²) < 4.78 is 0. The number of hydrogen-bond donors (Lipinski definition) is 2. The molecule has 3 fully saturated rings. The van der Waals surface area contributed by atoms with Gasteiger partial charge in [-0.3, -0.25) is 0 Å². The molecular formula is C22H36O2. The van der Waals surface area contributed by atoms with Crippen molar-refractivity contribution in [2.24, 2.45) is 34.5 Å². The molecule has 4 rings (SSSR count). The Bertz CT molecular complexity index is 536. The third-order valence-corrected chi connectivity index (χ3v) is 9.05. The third kappa shape index (κ3) is 2.35. The van der Waals surface area contributed by atoms with E-state index in [9.17, 15) is 10.2 Å². The van der Waals surface area contributed by atoms with Gasteiger partial charge >= 0.3 is 0 Å². The summed E-state index contributed by atoms with van der Waals surface area (Å²) in [6.45, 7) is 7.42. The normalized spacial score (nSPS) is 53.8. The van der Waals surface area contributed by atoms with E-state index < -0.39 is 5.60 Å². The SMILES string of the molecule is CC1(O)CCC2(C)C(=CCC3C2CCC2(C)C(CCO)CCC32)C1. The van der Waals surface area contributed by atoms with Crippen LogP contribution in [-0.4, -0.2) is 22.4 Å². The Balaban J connectivity index is 1.62. The van der Waals surface area contributed by atoms with Gasteiger partial charge in [-0.2, -0.15) is 0 Å². The van der Waals surface area contributed by atoms with E-state index in [0.717, 1.165) is 49.4 Å². The molecule has 2 heteroatoms. The molecule has 0 aromatic carbocycles. The van der Waals surface area contributed by atoms with Crippen LogP contribution in [0.4, 0.5) is 0 Å². The summed E-state index contributed by atoms with van der Waals surface area (Å²) in [6, 6.07) is 0. The average molecular weight is 333 g/mol. The molecule has 0 aliphatic heterocycles. The van der Waals surface area contributed by atoms with E-state index in [1.165, 1.54) is 32.1 Å². The topological polar surface area (TPSA) is 40.5 Å². The first-order valence-electron chi connectivity index (χ1n) is 10.3. The van der Waals surface area contributed by atoms with E-state index in [0.29, 0.717) is 17.4 Å². The smallest absolute Gasteiger partial charge is 0.0657 e. The van der Waals surface area contributed by atoms with Gasteiger partial charge in [-0.05, 0) is 99.2 Å². The monoisotopic (exact) mass is 332 g/mol. The summed E-state index contributed by atoms with van der Waals surface area (Å²) in [5, 5.41) is 20.0. The first kappa shape index (κ1) is 17.1. The molecule has 2 nitrogen and oxygen atoms in total. The van der Waals surface area contributed by atoms with Crippen LogP contribution in [0.2, 0.25) is 0 Å². The zero-order valence-electron chi connectivity index (χ0n) is 15.9. The fourth-order valence-electron chi connectivity index (χ4n) is 7.54. The van der Waals surface area contributed by atoms with Crippen molar-refractivity contribution in [2.75, 3.05) is 6.61 Å². The summed E-state index contributed by atoms with van der Waals surface area (Å²) in [5.41, 5.74) is 1.88. The van der Waals surface area contributed by atoms with E-state index >= 15 is 0 Å². The summed E-state index contributed by atoms with van der Waals surface area (Å²) in [4.78, 5) is 0. The van der Waals surface area contributed by atoms with E-state index in [2.05, 4.69) is 19.9 Å². The van der Waals surface area contributed by atoms with Gasteiger partial charge in [0, 0.05) is 6.61 Å². The maximum Gasteiger partial charge on any atom is 0.0657 e. The van der Waals surface area contributed by atoms with E-state index in [-0.39, 0.29) is 0 Å². The van der Waals surface area contributed by atoms with Crippen LogP contribution < -0.4 is 0 Å². The molecule has 2 N–H and O–H groups in total. The first-order chi connectivity index (χ1) is 11.3. The van der Waals surface area contributed by atoms with Crippen molar-refractivity contribution >= 4 is 0 Å². The van der Waals surface area contributed by atoms with Crippen LogP contribution in [0.1, 0.15) is 78.6 Å². The molecule has 4 aliphatic rings. The number of hydrogen-bond acceptors (Lipinski definition) is 2. The minimum Gasteiger partial charge on any atom is -0.396 e. The molecule has 0 heterocycles. The molecule has 7 unspecified atom stereocenters. The highest BCUT2D eigenvalue weighted by atomic mass is 16.3. The molecule has 7 atom stereocenters. The van der Waals surface area contributed by atoms with Gasteiger partial charge in [0.05, 0.1) is 5.60 Å². The highest BCUT2D eigenvalue weighted by molar-refractivity contribution is 5.26. The second-order valence-corrected chi connectivity index (χ2v) is 10.3. The van der Waals surface area contributed by atoms with Gasteiger partial charge in [-0.25, -0.2) is 0 Å². The molecule has 0 bridgehead atoms. The number of allylic oxidation sites excluding steroid dienone is 1. The number of fused-ring (bicyclic) bond motifs is 5. The zero-order valence-corrected chi connectivity index (χ0v) is 15.9. The van der Waals surface area contributed by atoms with E-state index in [1.54, 1.807) is 5.57 Å². The van der Waals surface area contributed by atoms with Crippen LogP contribution in [-0.2, 0) is 0 Å². The first-order valence-corrected chi connectivity index (χ1v) is 10.3. The van der Waals surface area contributed by atoms with Gasteiger partial charge in [0.2, 0.25) is 0 Å². The van der Waals surface area contributed by atoms with Gasteiger partial charge in [0.25, 0.3) is 0 Å². The summed E-state index contributed by atoms with van der Waals surface area (Å²) >= 11 is 0. The second-order valence-electron chi connectivity index (χ2n) is 10.3. The van der Waals surface area contributed by atoms with Crippen LogP contribution >= 0.6 is 0 Å². The van der Waals surface area contributed by atoms with Crippen molar-refractivity contribution in [3.63, 3.8) is 0 Å². The average Bonchev–Trinajstić information content (AvgIpc) is 2.85. The number of aliphatic hydroxyl groups is 2. The summed E-state index contributed by atoms with van der Waals surface area (Å²) in [7, 11) is 0. The quantitative estimate of drug-likeness (QED) is 0.720. The van der Waals surface area contributed by atoms with Crippen LogP contribution in [0.25, 0.3) is 0 Å². The van der Waals surface area contributed by atoms with Gasteiger partial charge < -0.3 is 10.2 Å². The summed E-state index contributed by atoms with van der Waals surface area (Å²) in [5.74, 6) is 3.24. The molecule has 4 aliphatic carbocycles. The standard InChI is InChI=1S/C22H36O2/c1-20(24)11-12-22(3)16(14-20)4-6-17-18-7-5-15(9-13-23)21(18,2)10-8-19(17)22/h4,15,17-19,23-24H,5-14H2,1-3H3. The Labute approximate surface area is 147 Å². The van der Waals surface area contributed by atoms with Crippen molar-refractivity contribution in [3.8, 4) is 0 Å². The molecule has 136 valence electrons. The molecule has 3 saturated carbocycles. The van der Waals surface area contributed by atoms with Crippen LogP contribution in [0.3, 0.4) is 0 Å². The molecule has 0 saturated heterocycles. The molecule has 24 heavy (non-hydrogen) atoms. The molecule has 0 aromatic rings. The lowest BCUT2D eigenvalue weighted by atomic mass is 9.46. The highest BCUT2D eigenvalue weighted by Gasteiger charge is 2.58. The van der Waals surface area contributed by atoms with Crippen molar-refractivity contribution in [2.45, 2.75) is 84.2 Å². The molecular weight excluding hydrogens is 296 g/mol. The van der Waals surface area contributed by atoms with Gasteiger partial charge in [-0.15, -0.1) is 0 Å². The minimum absolute atomic E-state index is 0.335. The second kappa shape index (κ2) is 5.58. The number of aliphatic hydroxyl groups excluding tert-OH is 1. The maximum atomic E-state index is 10.5. The van der Waals surface area contributed by atoms with Crippen molar-refractivity contribution < 1.29 is 10.2 Å².